The number of anilines is 1. The van der Waals surface area contributed by atoms with E-state index in [9.17, 15) is 0 Å². The summed E-state index contributed by atoms with van der Waals surface area (Å²) in [4.78, 5) is 0. The average Bonchev–Trinajstić information content (AvgIpc) is 2.66. The number of benzene rings is 2. The van der Waals surface area contributed by atoms with Crippen molar-refractivity contribution in [3.05, 3.63) is 60.2 Å². The third-order valence-corrected chi connectivity index (χ3v) is 4.33. The van der Waals surface area contributed by atoms with E-state index in [4.69, 9.17) is 4.74 Å². The molecule has 0 bridgehead atoms. The van der Waals surface area contributed by atoms with E-state index in [0.717, 1.165) is 37.6 Å². The fraction of sp³-hybridized carbons (Fsp3) is 0.455. The predicted molar refractivity (Wildman–Crippen MR) is 107 cm³/mol. The minimum atomic E-state index is 0.367. The molecule has 0 aromatic heterocycles. The summed E-state index contributed by atoms with van der Waals surface area (Å²) in [6.07, 6.45) is 4.95. The molecule has 2 N–H and O–H groups in total. The van der Waals surface area contributed by atoms with Crippen LogP contribution in [0.5, 0.6) is 5.75 Å². The lowest BCUT2D eigenvalue weighted by Gasteiger charge is -2.15. The first-order valence-electron chi connectivity index (χ1n) is 9.54. The summed E-state index contributed by atoms with van der Waals surface area (Å²) in [6.45, 7) is 7.06. The van der Waals surface area contributed by atoms with Crippen molar-refractivity contribution >= 4 is 5.69 Å². The molecule has 0 saturated carbocycles. The maximum atomic E-state index is 5.77. The molecule has 25 heavy (non-hydrogen) atoms. The highest BCUT2D eigenvalue weighted by molar-refractivity contribution is 5.46. The highest BCUT2D eigenvalue weighted by Crippen LogP contribution is 2.16. The maximum absolute atomic E-state index is 5.77. The molecule has 0 aliphatic carbocycles. The van der Waals surface area contributed by atoms with E-state index in [0.29, 0.717) is 6.04 Å². The number of unbranched alkanes of at least 4 members (excludes halogenated alkanes) is 3. The van der Waals surface area contributed by atoms with Gasteiger partial charge in [-0.3, -0.25) is 0 Å². The van der Waals surface area contributed by atoms with Crippen molar-refractivity contribution in [2.45, 2.75) is 45.6 Å². The van der Waals surface area contributed by atoms with Gasteiger partial charge in [0.05, 0.1) is 6.61 Å². The summed E-state index contributed by atoms with van der Waals surface area (Å²) in [5.74, 6) is 0.956. The second-order valence-electron chi connectivity index (χ2n) is 6.45. The molecule has 2 aromatic rings. The van der Waals surface area contributed by atoms with Gasteiger partial charge in [0.15, 0.2) is 0 Å². The molecular formula is C22H32N2O. The Morgan fingerprint density at radius 2 is 1.64 bits per heavy atom. The van der Waals surface area contributed by atoms with Gasteiger partial charge in [-0.25, -0.2) is 0 Å². The third-order valence-electron chi connectivity index (χ3n) is 4.33. The van der Waals surface area contributed by atoms with Gasteiger partial charge in [-0.1, -0.05) is 56.5 Å². The minimum absolute atomic E-state index is 0.367. The van der Waals surface area contributed by atoms with Crippen molar-refractivity contribution in [3.63, 3.8) is 0 Å². The Labute approximate surface area is 152 Å². The monoisotopic (exact) mass is 340 g/mol. The molecule has 1 atom stereocenters. The topological polar surface area (TPSA) is 33.3 Å². The second kappa shape index (κ2) is 11.5. The first-order valence-corrected chi connectivity index (χ1v) is 9.54. The third kappa shape index (κ3) is 7.61. The van der Waals surface area contributed by atoms with Gasteiger partial charge in [0.2, 0.25) is 0 Å². The Morgan fingerprint density at radius 1 is 0.880 bits per heavy atom. The Balaban J connectivity index is 1.61. The van der Waals surface area contributed by atoms with Crippen LogP contribution in [0.3, 0.4) is 0 Å². The van der Waals surface area contributed by atoms with Gasteiger partial charge in [0, 0.05) is 24.8 Å². The molecular weight excluding hydrogens is 308 g/mol. The fourth-order valence-corrected chi connectivity index (χ4v) is 2.74. The zero-order chi connectivity index (χ0) is 17.7. The first kappa shape index (κ1) is 19.3. The van der Waals surface area contributed by atoms with Gasteiger partial charge in [0.25, 0.3) is 0 Å². The lowest BCUT2D eigenvalue weighted by molar-refractivity contribution is 0.305. The Hall–Kier alpha value is -2.00. The first-order chi connectivity index (χ1) is 12.3. The highest BCUT2D eigenvalue weighted by Gasteiger charge is 2.02. The molecule has 2 rings (SSSR count). The number of nitrogens with one attached hydrogen (secondary N) is 2. The van der Waals surface area contributed by atoms with E-state index < -0.39 is 0 Å². The van der Waals surface area contributed by atoms with E-state index in [1.54, 1.807) is 0 Å². The molecule has 0 fully saturated rings. The lowest BCUT2D eigenvalue weighted by Crippen LogP contribution is -2.25. The second-order valence-corrected chi connectivity index (χ2v) is 6.45. The van der Waals surface area contributed by atoms with Gasteiger partial charge >= 0.3 is 0 Å². The standard InChI is InChI=1S/C22H32N2O/c1-3-4-5-9-18-25-22-14-12-21(13-15-22)24-17-16-23-19(2)20-10-7-6-8-11-20/h6-8,10-15,19,23-24H,3-5,9,16-18H2,1-2H3. The fourth-order valence-electron chi connectivity index (χ4n) is 2.74. The molecule has 2 aromatic carbocycles. The van der Waals surface area contributed by atoms with Crippen molar-refractivity contribution < 1.29 is 4.74 Å². The molecule has 136 valence electrons. The zero-order valence-electron chi connectivity index (χ0n) is 15.6. The van der Waals surface area contributed by atoms with E-state index in [1.165, 1.54) is 24.8 Å². The molecule has 0 aliphatic rings. The maximum Gasteiger partial charge on any atom is 0.119 e. The zero-order valence-corrected chi connectivity index (χ0v) is 15.6. The number of rotatable bonds is 12. The van der Waals surface area contributed by atoms with Crippen LogP contribution in [-0.4, -0.2) is 19.7 Å². The quantitative estimate of drug-likeness (QED) is 0.507. The largest absolute Gasteiger partial charge is 0.494 e. The molecule has 0 spiro atoms. The number of hydrogen-bond acceptors (Lipinski definition) is 3. The van der Waals surface area contributed by atoms with E-state index >= 15 is 0 Å². The molecule has 0 radical (unpaired) electrons. The summed E-state index contributed by atoms with van der Waals surface area (Å²) in [5, 5.41) is 6.98. The van der Waals surface area contributed by atoms with E-state index in [-0.39, 0.29) is 0 Å². The van der Waals surface area contributed by atoms with Crippen LogP contribution < -0.4 is 15.4 Å². The number of hydrogen-bond donors (Lipinski definition) is 2. The van der Waals surface area contributed by atoms with Crippen molar-refractivity contribution in [2.75, 3.05) is 25.0 Å². The molecule has 0 aliphatic heterocycles. The van der Waals surface area contributed by atoms with Gasteiger partial charge < -0.3 is 15.4 Å². The molecule has 0 saturated heterocycles. The summed E-state index contributed by atoms with van der Waals surface area (Å²) < 4.78 is 5.77. The minimum Gasteiger partial charge on any atom is -0.494 e. The molecule has 3 heteroatoms. The Kier molecular flexibility index (Phi) is 8.92. The molecule has 0 heterocycles. The van der Waals surface area contributed by atoms with Gasteiger partial charge in [0.1, 0.15) is 5.75 Å². The summed E-state index contributed by atoms with van der Waals surface area (Å²) >= 11 is 0. The average molecular weight is 341 g/mol. The van der Waals surface area contributed by atoms with E-state index in [2.05, 4.69) is 66.9 Å². The molecule has 3 nitrogen and oxygen atoms in total. The van der Waals surface area contributed by atoms with Crippen molar-refractivity contribution in [1.29, 1.82) is 0 Å². The number of ether oxygens (including phenoxy) is 1. The predicted octanol–water partition coefficient (Wildman–Crippen LogP) is 5.41. The smallest absolute Gasteiger partial charge is 0.119 e. The van der Waals surface area contributed by atoms with Crippen LogP contribution in [-0.2, 0) is 0 Å². The Morgan fingerprint density at radius 3 is 2.36 bits per heavy atom. The Bertz CT molecular complexity index is 568. The van der Waals surface area contributed by atoms with E-state index in [1.807, 2.05) is 12.1 Å². The van der Waals surface area contributed by atoms with Crippen molar-refractivity contribution in [1.82, 2.24) is 5.32 Å². The summed E-state index contributed by atoms with van der Waals surface area (Å²) in [5.41, 5.74) is 2.45. The highest BCUT2D eigenvalue weighted by atomic mass is 16.5. The van der Waals surface area contributed by atoms with Gasteiger partial charge in [-0.15, -0.1) is 0 Å². The van der Waals surface area contributed by atoms with Gasteiger partial charge in [-0.05, 0) is 43.2 Å². The SMILES string of the molecule is CCCCCCOc1ccc(NCCNC(C)c2ccccc2)cc1. The normalized spacial score (nSPS) is 11.9. The van der Waals surface area contributed by atoms with Crippen LogP contribution in [0.25, 0.3) is 0 Å². The van der Waals surface area contributed by atoms with Gasteiger partial charge in [-0.2, -0.15) is 0 Å². The van der Waals surface area contributed by atoms with Crippen LogP contribution in [0.15, 0.2) is 54.6 Å². The molecule has 1 unspecified atom stereocenters. The van der Waals surface area contributed by atoms with Crippen LogP contribution in [0.1, 0.15) is 51.1 Å². The summed E-state index contributed by atoms with van der Waals surface area (Å²) in [6, 6.07) is 19.2. The summed E-state index contributed by atoms with van der Waals surface area (Å²) in [7, 11) is 0. The van der Waals surface area contributed by atoms with Crippen molar-refractivity contribution in [3.8, 4) is 5.75 Å². The lowest BCUT2D eigenvalue weighted by atomic mass is 10.1. The van der Waals surface area contributed by atoms with Crippen LogP contribution in [0.4, 0.5) is 5.69 Å². The van der Waals surface area contributed by atoms with Crippen LogP contribution >= 0.6 is 0 Å². The molecule has 0 amide bonds. The van der Waals surface area contributed by atoms with Crippen molar-refractivity contribution in [2.24, 2.45) is 0 Å². The van der Waals surface area contributed by atoms with Crippen LogP contribution in [0.2, 0.25) is 0 Å². The van der Waals surface area contributed by atoms with Crippen LogP contribution in [0, 0.1) is 0 Å².